The summed E-state index contributed by atoms with van der Waals surface area (Å²) < 4.78 is 69.8. The molecule has 0 aliphatic carbocycles. The number of amides is 2. The lowest BCUT2D eigenvalue weighted by Crippen LogP contribution is -2.21. The summed E-state index contributed by atoms with van der Waals surface area (Å²) in [6.07, 6.45) is -0.732. The molecule has 1 aliphatic heterocycles. The molecule has 2 N–H and O–H groups in total. The molecular formula is C29H14ClF5N6O2. The lowest BCUT2D eigenvalue weighted by molar-refractivity contribution is -0.137. The SMILES string of the molecule is N#Cc1cnc2cnc(-c3cc(NC(=O)c4cc(F)cc(C(F)(F)F)c4)c4c(c3)C(=O)NC4c3cc(F)ccc3Cl)cn12. The molecule has 1 atom stereocenters. The Hall–Kier alpha value is -5.35. The highest BCUT2D eigenvalue weighted by molar-refractivity contribution is 6.31. The molecule has 1 aliphatic rings. The van der Waals surface area contributed by atoms with Crippen LogP contribution in [-0.4, -0.2) is 26.2 Å². The zero-order valence-electron chi connectivity index (χ0n) is 21.3. The summed E-state index contributed by atoms with van der Waals surface area (Å²) in [5, 5.41) is 14.7. The molecule has 1 unspecified atom stereocenters. The fraction of sp³-hybridized carbons (Fsp3) is 0.0690. The first kappa shape index (κ1) is 27.8. The summed E-state index contributed by atoms with van der Waals surface area (Å²) in [4.78, 5) is 34.9. The van der Waals surface area contributed by atoms with E-state index < -0.39 is 46.8 Å². The summed E-state index contributed by atoms with van der Waals surface area (Å²) in [5.41, 5.74) is -0.686. The number of hydrogen-bond acceptors (Lipinski definition) is 5. The first-order valence-electron chi connectivity index (χ1n) is 12.3. The van der Waals surface area contributed by atoms with Gasteiger partial charge in [-0.1, -0.05) is 11.6 Å². The molecule has 0 radical (unpaired) electrons. The number of nitriles is 1. The van der Waals surface area contributed by atoms with Gasteiger partial charge in [0.1, 0.15) is 23.4 Å². The van der Waals surface area contributed by atoms with Gasteiger partial charge in [0.15, 0.2) is 5.65 Å². The predicted octanol–water partition coefficient (Wildman–Crippen LogP) is 6.30. The van der Waals surface area contributed by atoms with E-state index in [9.17, 15) is 36.8 Å². The van der Waals surface area contributed by atoms with Crippen LogP contribution in [0.15, 0.2) is 67.1 Å². The maximum atomic E-state index is 14.2. The largest absolute Gasteiger partial charge is 0.416 e. The lowest BCUT2D eigenvalue weighted by atomic mass is 9.93. The third-order valence-corrected chi connectivity index (χ3v) is 7.14. The second-order valence-corrected chi connectivity index (χ2v) is 9.90. The average molecular weight is 609 g/mol. The topological polar surface area (TPSA) is 112 Å². The number of benzene rings is 3. The lowest BCUT2D eigenvalue weighted by Gasteiger charge is -2.19. The van der Waals surface area contributed by atoms with Gasteiger partial charge in [-0.15, -0.1) is 0 Å². The van der Waals surface area contributed by atoms with Crippen molar-refractivity contribution in [2.24, 2.45) is 0 Å². The van der Waals surface area contributed by atoms with E-state index in [1.807, 2.05) is 6.07 Å². The van der Waals surface area contributed by atoms with Gasteiger partial charge in [-0.2, -0.15) is 18.4 Å². The van der Waals surface area contributed by atoms with Crippen molar-refractivity contribution in [3.63, 3.8) is 0 Å². The summed E-state index contributed by atoms with van der Waals surface area (Å²) in [6, 6.07) is 8.65. The Kier molecular flexibility index (Phi) is 6.58. The highest BCUT2D eigenvalue weighted by atomic mass is 35.5. The van der Waals surface area contributed by atoms with Crippen molar-refractivity contribution >= 4 is 34.7 Å². The Morgan fingerprint density at radius 2 is 1.84 bits per heavy atom. The molecule has 0 saturated carbocycles. The summed E-state index contributed by atoms with van der Waals surface area (Å²) >= 11 is 6.32. The molecule has 43 heavy (non-hydrogen) atoms. The van der Waals surface area contributed by atoms with Crippen LogP contribution in [0.1, 0.15) is 49.1 Å². The van der Waals surface area contributed by atoms with Gasteiger partial charge in [0.05, 0.1) is 29.7 Å². The van der Waals surface area contributed by atoms with Crippen LogP contribution in [0.3, 0.4) is 0 Å². The van der Waals surface area contributed by atoms with E-state index in [1.54, 1.807) is 0 Å². The van der Waals surface area contributed by atoms with Crippen LogP contribution in [0.25, 0.3) is 16.9 Å². The van der Waals surface area contributed by atoms with E-state index in [1.165, 1.54) is 41.2 Å². The third-order valence-electron chi connectivity index (χ3n) is 6.80. The summed E-state index contributed by atoms with van der Waals surface area (Å²) in [6.45, 7) is 0. The van der Waals surface area contributed by atoms with E-state index in [0.29, 0.717) is 17.8 Å². The number of carbonyl (C=O) groups excluding carboxylic acids is 2. The number of halogens is 6. The number of nitrogens with zero attached hydrogens (tertiary/aromatic N) is 4. The summed E-state index contributed by atoms with van der Waals surface area (Å²) in [5.74, 6) is -3.68. The first-order chi connectivity index (χ1) is 20.4. The number of nitrogens with one attached hydrogen (secondary N) is 2. The number of carbonyl (C=O) groups is 2. The standard InChI is InChI=1S/C29H14ClF5N6O2/c30-21-2-1-16(31)8-19(21)26-25-20(28(43)40-26)5-13(23-12-41-18(9-36)10-38-24(41)11-37-23)6-22(25)39-27(42)14-3-15(29(33,34)35)7-17(32)4-14/h1-8,10-12,26H,(H,39,42)(H,40,43). The summed E-state index contributed by atoms with van der Waals surface area (Å²) in [7, 11) is 0. The second-order valence-electron chi connectivity index (χ2n) is 9.49. The van der Waals surface area contributed by atoms with Gasteiger partial charge in [-0.3, -0.25) is 19.0 Å². The number of rotatable bonds is 4. The number of hydrogen-bond donors (Lipinski definition) is 2. The van der Waals surface area contributed by atoms with Crippen LogP contribution in [-0.2, 0) is 6.18 Å². The Morgan fingerprint density at radius 1 is 1.05 bits per heavy atom. The van der Waals surface area contributed by atoms with Crippen LogP contribution in [0, 0.1) is 23.0 Å². The number of imidazole rings is 1. The number of aromatic nitrogens is 3. The minimum absolute atomic E-state index is 0.0291. The number of anilines is 1. The van der Waals surface area contributed by atoms with Crippen molar-refractivity contribution in [3.8, 4) is 17.3 Å². The Bertz CT molecular complexity index is 2030. The van der Waals surface area contributed by atoms with Gasteiger partial charge in [0.25, 0.3) is 11.8 Å². The van der Waals surface area contributed by atoms with E-state index >= 15 is 0 Å². The second kappa shape index (κ2) is 10.2. The third kappa shape index (κ3) is 5.02. The van der Waals surface area contributed by atoms with E-state index in [4.69, 9.17) is 11.6 Å². The van der Waals surface area contributed by atoms with Gasteiger partial charge >= 0.3 is 6.18 Å². The minimum Gasteiger partial charge on any atom is -0.341 e. The molecule has 0 saturated heterocycles. The van der Waals surface area contributed by atoms with Crippen LogP contribution in [0.5, 0.6) is 0 Å². The molecule has 0 bridgehead atoms. The molecular weight excluding hydrogens is 595 g/mol. The first-order valence-corrected chi connectivity index (χ1v) is 12.7. The molecule has 3 heterocycles. The molecule has 8 nitrogen and oxygen atoms in total. The molecule has 0 spiro atoms. The average Bonchev–Trinajstić information content (AvgIpc) is 3.53. The van der Waals surface area contributed by atoms with Crippen molar-refractivity contribution in [3.05, 3.63) is 117 Å². The molecule has 2 amide bonds. The predicted molar refractivity (Wildman–Crippen MR) is 143 cm³/mol. The normalized spacial score (nSPS) is 14.3. The fourth-order valence-corrected chi connectivity index (χ4v) is 5.08. The van der Waals surface area contributed by atoms with Crippen LogP contribution < -0.4 is 10.6 Å². The Balaban J connectivity index is 1.52. The zero-order valence-corrected chi connectivity index (χ0v) is 22.1. The van der Waals surface area contributed by atoms with Crippen molar-refractivity contribution in [2.45, 2.75) is 12.2 Å². The molecule has 214 valence electrons. The fourth-order valence-electron chi connectivity index (χ4n) is 4.85. The van der Waals surface area contributed by atoms with Gasteiger partial charge < -0.3 is 10.6 Å². The molecule has 2 aromatic heterocycles. The van der Waals surface area contributed by atoms with Crippen LogP contribution in [0.4, 0.5) is 27.6 Å². The monoisotopic (exact) mass is 608 g/mol. The molecule has 14 heteroatoms. The number of alkyl halides is 3. The van der Waals surface area contributed by atoms with Crippen molar-refractivity contribution < 1.29 is 31.5 Å². The van der Waals surface area contributed by atoms with Crippen molar-refractivity contribution in [2.75, 3.05) is 5.32 Å². The van der Waals surface area contributed by atoms with Gasteiger partial charge in [-0.25, -0.2) is 13.8 Å². The van der Waals surface area contributed by atoms with E-state index in [2.05, 4.69) is 20.6 Å². The van der Waals surface area contributed by atoms with Gasteiger partial charge in [0, 0.05) is 44.7 Å². The maximum absolute atomic E-state index is 14.2. The minimum atomic E-state index is -4.92. The van der Waals surface area contributed by atoms with E-state index in [-0.39, 0.29) is 50.4 Å². The van der Waals surface area contributed by atoms with Crippen molar-refractivity contribution in [1.82, 2.24) is 19.7 Å². The van der Waals surface area contributed by atoms with Crippen LogP contribution in [0.2, 0.25) is 5.02 Å². The molecule has 6 rings (SSSR count). The Morgan fingerprint density at radius 3 is 2.58 bits per heavy atom. The van der Waals surface area contributed by atoms with Crippen molar-refractivity contribution in [1.29, 1.82) is 5.26 Å². The van der Waals surface area contributed by atoms with Gasteiger partial charge in [-0.05, 0) is 48.5 Å². The zero-order chi connectivity index (χ0) is 30.6. The van der Waals surface area contributed by atoms with E-state index in [0.717, 1.165) is 12.1 Å². The number of fused-ring (bicyclic) bond motifs is 2. The smallest absolute Gasteiger partial charge is 0.341 e. The molecule has 3 aromatic carbocycles. The molecule has 0 fully saturated rings. The molecule has 5 aromatic rings. The van der Waals surface area contributed by atoms with Crippen LogP contribution >= 0.6 is 11.6 Å². The highest BCUT2D eigenvalue weighted by Crippen LogP contribution is 2.42. The highest BCUT2D eigenvalue weighted by Gasteiger charge is 2.36. The van der Waals surface area contributed by atoms with Gasteiger partial charge in [0.2, 0.25) is 0 Å². The maximum Gasteiger partial charge on any atom is 0.416 e. The quantitative estimate of drug-likeness (QED) is 0.233. The Labute approximate surface area is 243 Å².